The molecule has 1 aliphatic heterocycles. The molecule has 3 rings (SSSR count). The van der Waals surface area contributed by atoms with E-state index in [1.807, 2.05) is 24.3 Å². The number of hydrogen-bond acceptors (Lipinski definition) is 3. The van der Waals surface area contributed by atoms with Crippen molar-refractivity contribution in [1.82, 2.24) is 4.98 Å². The number of aromatic nitrogens is 1. The molecule has 0 aliphatic carbocycles. The molecule has 2 atom stereocenters. The molecule has 0 spiro atoms. The van der Waals surface area contributed by atoms with Crippen molar-refractivity contribution in [3.8, 4) is 5.75 Å². The third kappa shape index (κ3) is 2.79. The van der Waals surface area contributed by atoms with Crippen molar-refractivity contribution in [2.45, 2.75) is 18.6 Å². The smallest absolute Gasteiger partial charge is 0.144 e. The van der Waals surface area contributed by atoms with Gasteiger partial charge in [0.25, 0.3) is 0 Å². The number of aliphatic hydroxyl groups excluding tert-OH is 1. The van der Waals surface area contributed by atoms with Gasteiger partial charge in [0.05, 0.1) is 11.8 Å². The van der Waals surface area contributed by atoms with Crippen molar-refractivity contribution in [3.05, 3.63) is 55.1 Å². The van der Waals surface area contributed by atoms with Crippen molar-refractivity contribution in [2.24, 2.45) is 0 Å². The van der Waals surface area contributed by atoms with Gasteiger partial charge >= 0.3 is 0 Å². The van der Waals surface area contributed by atoms with Crippen LogP contribution in [0, 0.1) is 0 Å². The van der Waals surface area contributed by atoms with E-state index in [-0.39, 0.29) is 6.10 Å². The van der Waals surface area contributed by atoms with Crippen LogP contribution in [0.4, 0.5) is 0 Å². The second kappa shape index (κ2) is 5.75. The van der Waals surface area contributed by atoms with Crippen LogP contribution in [0.2, 0.25) is 0 Å². The summed E-state index contributed by atoms with van der Waals surface area (Å²) in [7, 11) is 0. The first-order valence-corrected chi connectivity index (χ1v) is 8.37. The number of benzene rings is 1. The highest BCUT2D eigenvalue weighted by atomic mass is 79.9. The maximum absolute atomic E-state index is 10.3. The highest BCUT2D eigenvalue weighted by Gasteiger charge is 2.30. The van der Waals surface area contributed by atoms with E-state index in [4.69, 9.17) is 4.74 Å². The quantitative estimate of drug-likeness (QED) is 0.652. The van der Waals surface area contributed by atoms with Gasteiger partial charge in [-0.25, -0.2) is 0 Å². The molecule has 2 unspecified atom stereocenters. The normalized spacial score (nSPS) is 21.2. The van der Waals surface area contributed by atoms with E-state index in [1.165, 1.54) is 0 Å². The maximum Gasteiger partial charge on any atom is 0.144 e. The Hall–Kier alpha value is -0.430. The van der Waals surface area contributed by atoms with Crippen LogP contribution in [-0.2, 0) is 0 Å². The van der Waals surface area contributed by atoms with E-state index in [2.05, 4.69) is 52.8 Å². The fraction of sp³-hybridized carbons (Fsp3) is 0.214. The van der Waals surface area contributed by atoms with Gasteiger partial charge in [0, 0.05) is 31.6 Å². The van der Waals surface area contributed by atoms with Gasteiger partial charge in [0.1, 0.15) is 11.9 Å². The first kappa shape index (κ1) is 14.5. The molecule has 2 aromatic rings. The van der Waals surface area contributed by atoms with Crippen LogP contribution in [-0.4, -0.2) is 10.1 Å². The van der Waals surface area contributed by atoms with E-state index in [9.17, 15) is 5.11 Å². The fourth-order valence-corrected chi connectivity index (χ4v) is 3.83. The number of aliphatic hydroxyl groups is 1. The lowest BCUT2D eigenvalue weighted by Crippen LogP contribution is -2.20. The summed E-state index contributed by atoms with van der Waals surface area (Å²) in [4.78, 5) is 4.39. The summed E-state index contributed by atoms with van der Waals surface area (Å²) < 4.78 is 8.67. The zero-order valence-corrected chi connectivity index (χ0v) is 14.9. The van der Waals surface area contributed by atoms with Crippen molar-refractivity contribution >= 4 is 47.8 Å². The highest BCUT2D eigenvalue weighted by molar-refractivity contribution is 9.11. The summed E-state index contributed by atoms with van der Waals surface area (Å²) >= 11 is 10.3. The molecule has 1 aliphatic rings. The van der Waals surface area contributed by atoms with E-state index in [0.29, 0.717) is 12.2 Å². The average molecular weight is 464 g/mol. The van der Waals surface area contributed by atoms with Crippen LogP contribution in [0.1, 0.15) is 29.9 Å². The summed E-state index contributed by atoms with van der Waals surface area (Å²) in [6.45, 7) is 0. The summed E-state index contributed by atoms with van der Waals surface area (Å²) in [5.74, 6) is 0.694. The Morgan fingerprint density at radius 2 is 1.95 bits per heavy atom. The molecule has 1 aromatic heterocycles. The van der Waals surface area contributed by atoms with Gasteiger partial charge < -0.3 is 9.84 Å². The molecule has 0 saturated heterocycles. The molecule has 6 heteroatoms. The molecule has 0 saturated carbocycles. The molecule has 0 amide bonds. The standard InChI is InChI=1S/C14H10Br3NO2/c15-7-1-2-9-11(19)5-13(20-12(9)4-7)14-10(17)3-8(16)6-18-14/h1-4,6,11,13,19H,5H2. The molecule has 0 radical (unpaired) electrons. The SMILES string of the molecule is OC1CC(c2ncc(Br)cc2Br)Oc2cc(Br)ccc21. The van der Waals surface area contributed by atoms with Crippen LogP contribution in [0.3, 0.4) is 0 Å². The number of rotatable bonds is 1. The summed E-state index contributed by atoms with van der Waals surface area (Å²) in [5.41, 5.74) is 1.61. The monoisotopic (exact) mass is 461 g/mol. The first-order chi connectivity index (χ1) is 9.54. The zero-order chi connectivity index (χ0) is 14.3. The largest absolute Gasteiger partial charge is 0.484 e. The molecule has 1 N–H and O–H groups in total. The molecule has 20 heavy (non-hydrogen) atoms. The molecule has 0 fully saturated rings. The zero-order valence-electron chi connectivity index (χ0n) is 10.2. The minimum Gasteiger partial charge on any atom is -0.484 e. The predicted molar refractivity (Wildman–Crippen MR) is 86.7 cm³/mol. The third-order valence-corrected chi connectivity index (χ3v) is 4.74. The number of ether oxygens (including phenoxy) is 1. The van der Waals surface area contributed by atoms with E-state index < -0.39 is 6.10 Å². The lowest BCUT2D eigenvalue weighted by atomic mass is 9.97. The van der Waals surface area contributed by atoms with Crippen molar-refractivity contribution in [3.63, 3.8) is 0 Å². The van der Waals surface area contributed by atoms with Crippen LogP contribution >= 0.6 is 47.8 Å². The van der Waals surface area contributed by atoms with Crippen LogP contribution in [0.5, 0.6) is 5.75 Å². The van der Waals surface area contributed by atoms with Gasteiger partial charge in [0.15, 0.2) is 0 Å². The van der Waals surface area contributed by atoms with Gasteiger partial charge in [-0.15, -0.1) is 0 Å². The Kier molecular flexibility index (Phi) is 4.17. The highest BCUT2D eigenvalue weighted by Crippen LogP contribution is 2.42. The minimum absolute atomic E-state index is 0.269. The Morgan fingerprint density at radius 3 is 2.70 bits per heavy atom. The fourth-order valence-electron chi connectivity index (χ4n) is 2.25. The summed E-state index contributed by atoms with van der Waals surface area (Å²) in [6.07, 6.45) is 1.40. The third-order valence-electron chi connectivity index (χ3n) is 3.18. The predicted octanol–water partition coefficient (Wildman–Crippen LogP) is 4.93. The Labute approximate surface area is 141 Å². The van der Waals surface area contributed by atoms with Gasteiger partial charge in [0.2, 0.25) is 0 Å². The van der Waals surface area contributed by atoms with Crippen LogP contribution in [0.25, 0.3) is 0 Å². The second-order valence-electron chi connectivity index (χ2n) is 4.56. The van der Waals surface area contributed by atoms with E-state index in [0.717, 1.165) is 24.7 Å². The Balaban J connectivity index is 1.98. The molecular formula is C14H10Br3NO2. The number of pyridine rings is 1. The molecule has 0 bridgehead atoms. The molecule has 1 aromatic carbocycles. The Morgan fingerprint density at radius 1 is 1.15 bits per heavy atom. The van der Waals surface area contributed by atoms with E-state index in [1.54, 1.807) is 6.20 Å². The average Bonchev–Trinajstić information content (AvgIpc) is 2.37. The number of nitrogens with zero attached hydrogens (tertiary/aromatic N) is 1. The molecular weight excluding hydrogens is 454 g/mol. The van der Waals surface area contributed by atoms with Gasteiger partial charge in [-0.05, 0) is 50.1 Å². The maximum atomic E-state index is 10.3. The van der Waals surface area contributed by atoms with Gasteiger partial charge in [-0.1, -0.05) is 22.0 Å². The molecule has 3 nitrogen and oxygen atoms in total. The van der Waals surface area contributed by atoms with Crippen molar-refractivity contribution < 1.29 is 9.84 Å². The lowest BCUT2D eigenvalue weighted by molar-refractivity contribution is 0.0632. The Bertz CT molecular complexity index is 663. The van der Waals surface area contributed by atoms with Crippen LogP contribution < -0.4 is 4.74 Å². The number of fused-ring (bicyclic) bond motifs is 1. The van der Waals surface area contributed by atoms with Gasteiger partial charge in [-0.2, -0.15) is 0 Å². The first-order valence-electron chi connectivity index (χ1n) is 5.99. The summed E-state index contributed by atoms with van der Waals surface area (Å²) in [5, 5.41) is 10.3. The second-order valence-corrected chi connectivity index (χ2v) is 7.25. The summed E-state index contributed by atoms with van der Waals surface area (Å²) in [6, 6.07) is 7.58. The van der Waals surface area contributed by atoms with E-state index >= 15 is 0 Å². The minimum atomic E-state index is -0.547. The van der Waals surface area contributed by atoms with Crippen molar-refractivity contribution in [2.75, 3.05) is 0 Å². The number of hydrogen-bond donors (Lipinski definition) is 1. The lowest BCUT2D eigenvalue weighted by Gasteiger charge is -2.29. The van der Waals surface area contributed by atoms with Crippen molar-refractivity contribution in [1.29, 1.82) is 0 Å². The molecule has 2 heterocycles. The molecule has 104 valence electrons. The van der Waals surface area contributed by atoms with Crippen LogP contribution in [0.15, 0.2) is 43.9 Å². The topological polar surface area (TPSA) is 42.4 Å². The number of halogens is 3. The van der Waals surface area contributed by atoms with Gasteiger partial charge in [-0.3, -0.25) is 4.98 Å².